The number of amides is 1. The van der Waals surface area contributed by atoms with Gasteiger partial charge in [0, 0.05) is 18.4 Å². The lowest BCUT2D eigenvalue weighted by atomic mass is 10.2. The standard InChI is InChI=1S/C14H18FN5O/c1-9-13(10(2)20(19-9)7-5-16)14(21)18-8-12-11(15)4-3-6-17-12/h3-4,6H,5,7-8,16H2,1-2H3,(H,18,21). The third-order valence-corrected chi connectivity index (χ3v) is 3.20. The highest BCUT2D eigenvalue weighted by molar-refractivity contribution is 5.96. The molecule has 0 atom stereocenters. The van der Waals surface area contributed by atoms with Crippen molar-refractivity contribution in [1.82, 2.24) is 20.1 Å². The fourth-order valence-corrected chi connectivity index (χ4v) is 2.17. The summed E-state index contributed by atoms with van der Waals surface area (Å²) in [4.78, 5) is 16.1. The molecule has 2 rings (SSSR count). The van der Waals surface area contributed by atoms with E-state index < -0.39 is 5.82 Å². The molecule has 2 aromatic rings. The Morgan fingerprint density at radius 1 is 1.48 bits per heavy atom. The van der Waals surface area contributed by atoms with Gasteiger partial charge in [0.2, 0.25) is 0 Å². The number of pyridine rings is 1. The first-order valence-corrected chi connectivity index (χ1v) is 6.66. The molecule has 21 heavy (non-hydrogen) atoms. The van der Waals surface area contributed by atoms with Gasteiger partial charge in [0.15, 0.2) is 0 Å². The third-order valence-electron chi connectivity index (χ3n) is 3.20. The van der Waals surface area contributed by atoms with Crippen molar-refractivity contribution in [3.63, 3.8) is 0 Å². The van der Waals surface area contributed by atoms with Crippen molar-refractivity contribution >= 4 is 5.91 Å². The average Bonchev–Trinajstić information content (AvgIpc) is 2.73. The second-order valence-corrected chi connectivity index (χ2v) is 4.67. The second kappa shape index (κ2) is 6.45. The third kappa shape index (κ3) is 3.25. The van der Waals surface area contributed by atoms with Crippen molar-refractivity contribution in [1.29, 1.82) is 0 Å². The first-order chi connectivity index (χ1) is 10.0. The quantitative estimate of drug-likeness (QED) is 0.858. The van der Waals surface area contributed by atoms with Gasteiger partial charge in [0.1, 0.15) is 5.82 Å². The molecule has 0 aromatic carbocycles. The number of halogens is 1. The first kappa shape index (κ1) is 15.1. The van der Waals surface area contributed by atoms with Crippen LogP contribution in [0.3, 0.4) is 0 Å². The van der Waals surface area contributed by atoms with Gasteiger partial charge >= 0.3 is 0 Å². The molecule has 6 nitrogen and oxygen atoms in total. The van der Waals surface area contributed by atoms with E-state index in [9.17, 15) is 9.18 Å². The van der Waals surface area contributed by atoms with E-state index in [0.29, 0.717) is 24.3 Å². The van der Waals surface area contributed by atoms with Gasteiger partial charge in [0.25, 0.3) is 5.91 Å². The highest BCUT2D eigenvalue weighted by atomic mass is 19.1. The molecule has 2 heterocycles. The summed E-state index contributed by atoms with van der Waals surface area (Å²) in [6.07, 6.45) is 1.49. The molecule has 0 unspecified atom stereocenters. The zero-order valence-electron chi connectivity index (χ0n) is 12.1. The smallest absolute Gasteiger partial charge is 0.255 e. The molecule has 2 aromatic heterocycles. The largest absolute Gasteiger partial charge is 0.346 e. The number of hydrogen-bond acceptors (Lipinski definition) is 4. The van der Waals surface area contributed by atoms with Crippen LogP contribution >= 0.6 is 0 Å². The molecule has 0 aliphatic carbocycles. The summed E-state index contributed by atoms with van der Waals surface area (Å²) in [6.45, 7) is 4.60. The predicted octanol–water partition coefficient (Wildman–Crippen LogP) is 0.923. The van der Waals surface area contributed by atoms with Gasteiger partial charge in [-0.2, -0.15) is 5.10 Å². The van der Waals surface area contributed by atoms with Crippen LogP contribution in [0.2, 0.25) is 0 Å². The van der Waals surface area contributed by atoms with Crippen LogP contribution in [0.25, 0.3) is 0 Å². The minimum Gasteiger partial charge on any atom is -0.346 e. The van der Waals surface area contributed by atoms with Crippen LogP contribution < -0.4 is 11.1 Å². The molecule has 1 amide bonds. The lowest BCUT2D eigenvalue weighted by Crippen LogP contribution is -2.25. The summed E-state index contributed by atoms with van der Waals surface area (Å²) in [6, 6.07) is 2.82. The van der Waals surface area contributed by atoms with Crippen LogP contribution in [0.1, 0.15) is 27.4 Å². The number of nitrogens with zero attached hydrogens (tertiary/aromatic N) is 3. The van der Waals surface area contributed by atoms with E-state index in [1.807, 2.05) is 6.92 Å². The average molecular weight is 291 g/mol. The monoisotopic (exact) mass is 291 g/mol. The maximum absolute atomic E-state index is 13.5. The SMILES string of the molecule is Cc1nn(CCN)c(C)c1C(=O)NCc1ncccc1F. The molecular formula is C14H18FN5O. The van der Waals surface area contributed by atoms with E-state index >= 15 is 0 Å². The molecule has 0 saturated heterocycles. The van der Waals surface area contributed by atoms with Crippen LogP contribution in [-0.2, 0) is 13.1 Å². The van der Waals surface area contributed by atoms with Gasteiger partial charge in [-0.1, -0.05) is 0 Å². The minimum atomic E-state index is -0.440. The van der Waals surface area contributed by atoms with Gasteiger partial charge in [-0.05, 0) is 26.0 Å². The van der Waals surface area contributed by atoms with E-state index in [0.717, 1.165) is 5.69 Å². The fraction of sp³-hybridized carbons (Fsp3) is 0.357. The Hall–Kier alpha value is -2.28. The Kier molecular flexibility index (Phi) is 4.64. The van der Waals surface area contributed by atoms with Gasteiger partial charge in [-0.3, -0.25) is 14.5 Å². The van der Waals surface area contributed by atoms with E-state index in [4.69, 9.17) is 5.73 Å². The Bertz CT molecular complexity index is 653. The van der Waals surface area contributed by atoms with Crippen molar-refractivity contribution < 1.29 is 9.18 Å². The Balaban J connectivity index is 2.12. The number of aromatic nitrogens is 3. The molecule has 0 aliphatic heterocycles. The van der Waals surface area contributed by atoms with Crippen LogP contribution in [0, 0.1) is 19.7 Å². The molecular weight excluding hydrogens is 273 g/mol. The molecule has 0 fully saturated rings. The summed E-state index contributed by atoms with van der Waals surface area (Å²) >= 11 is 0. The summed E-state index contributed by atoms with van der Waals surface area (Å²) < 4.78 is 15.2. The van der Waals surface area contributed by atoms with E-state index in [1.54, 1.807) is 11.6 Å². The van der Waals surface area contributed by atoms with Gasteiger partial charge in [0.05, 0.1) is 30.0 Å². The number of rotatable bonds is 5. The Morgan fingerprint density at radius 3 is 2.90 bits per heavy atom. The normalized spacial score (nSPS) is 10.7. The predicted molar refractivity (Wildman–Crippen MR) is 76.1 cm³/mol. The van der Waals surface area contributed by atoms with Crippen LogP contribution in [-0.4, -0.2) is 27.2 Å². The topological polar surface area (TPSA) is 85.8 Å². The summed E-state index contributed by atoms with van der Waals surface area (Å²) in [5, 5.41) is 6.95. The first-order valence-electron chi connectivity index (χ1n) is 6.66. The highest BCUT2D eigenvalue weighted by Gasteiger charge is 2.18. The Labute approximate surface area is 122 Å². The molecule has 0 saturated carbocycles. The second-order valence-electron chi connectivity index (χ2n) is 4.67. The molecule has 7 heteroatoms. The summed E-state index contributed by atoms with van der Waals surface area (Å²) in [5.41, 5.74) is 7.58. The van der Waals surface area contributed by atoms with Crippen LogP contribution in [0.15, 0.2) is 18.3 Å². The molecule has 3 N–H and O–H groups in total. The van der Waals surface area contributed by atoms with Crippen molar-refractivity contribution in [2.75, 3.05) is 6.54 Å². The Morgan fingerprint density at radius 2 is 2.24 bits per heavy atom. The maximum Gasteiger partial charge on any atom is 0.255 e. The highest BCUT2D eigenvalue weighted by Crippen LogP contribution is 2.13. The van der Waals surface area contributed by atoms with Gasteiger partial charge in [-0.25, -0.2) is 4.39 Å². The number of nitrogens with one attached hydrogen (secondary N) is 1. The van der Waals surface area contributed by atoms with Gasteiger partial charge < -0.3 is 11.1 Å². The lowest BCUT2D eigenvalue weighted by molar-refractivity contribution is 0.0948. The molecule has 0 radical (unpaired) electrons. The number of aryl methyl sites for hydroxylation is 1. The summed E-state index contributed by atoms with van der Waals surface area (Å²) in [5.74, 6) is -0.733. The van der Waals surface area contributed by atoms with Gasteiger partial charge in [-0.15, -0.1) is 0 Å². The van der Waals surface area contributed by atoms with E-state index in [1.165, 1.54) is 18.3 Å². The summed E-state index contributed by atoms with van der Waals surface area (Å²) in [7, 11) is 0. The van der Waals surface area contributed by atoms with Crippen molar-refractivity contribution in [2.24, 2.45) is 5.73 Å². The lowest BCUT2D eigenvalue weighted by Gasteiger charge is -2.06. The number of nitrogens with two attached hydrogens (primary N) is 1. The van der Waals surface area contributed by atoms with Crippen LogP contribution in [0.5, 0.6) is 0 Å². The van der Waals surface area contributed by atoms with Crippen molar-refractivity contribution in [3.8, 4) is 0 Å². The molecule has 0 spiro atoms. The molecule has 112 valence electrons. The fourth-order valence-electron chi connectivity index (χ4n) is 2.17. The van der Waals surface area contributed by atoms with E-state index in [2.05, 4.69) is 15.4 Å². The minimum absolute atomic E-state index is 0.0342. The zero-order chi connectivity index (χ0) is 15.4. The zero-order valence-corrected chi connectivity index (χ0v) is 12.1. The number of hydrogen-bond donors (Lipinski definition) is 2. The molecule has 0 bridgehead atoms. The van der Waals surface area contributed by atoms with Crippen molar-refractivity contribution in [2.45, 2.75) is 26.9 Å². The number of carbonyl (C=O) groups is 1. The molecule has 0 aliphatic rings. The van der Waals surface area contributed by atoms with Crippen molar-refractivity contribution in [3.05, 3.63) is 46.8 Å². The van der Waals surface area contributed by atoms with Crippen LogP contribution in [0.4, 0.5) is 4.39 Å². The van der Waals surface area contributed by atoms with E-state index in [-0.39, 0.29) is 18.1 Å². The number of carbonyl (C=O) groups excluding carboxylic acids is 1. The maximum atomic E-state index is 13.5.